The summed E-state index contributed by atoms with van der Waals surface area (Å²) in [5.74, 6) is 1.62. The molecule has 5 rings (SSSR count). The van der Waals surface area contributed by atoms with Crippen LogP contribution in [0.4, 0.5) is 5.13 Å². The number of ether oxygens (including phenoxy) is 2. The van der Waals surface area contributed by atoms with Crippen LogP contribution < -0.4 is 14.4 Å². The Bertz CT molecular complexity index is 1050. The number of anilines is 1. The maximum atomic E-state index is 12.8. The fourth-order valence-corrected chi connectivity index (χ4v) is 5.03. The van der Waals surface area contributed by atoms with Gasteiger partial charge in [0.15, 0.2) is 16.6 Å². The first-order valence-corrected chi connectivity index (χ1v) is 10.7. The van der Waals surface area contributed by atoms with Crippen molar-refractivity contribution in [2.75, 3.05) is 37.9 Å². The maximum Gasteiger partial charge on any atom is 0.231 e. The summed E-state index contributed by atoms with van der Waals surface area (Å²) in [5.41, 5.74) is 4.54. The number of carbonyl (C=O) groups is 1. The molecule has 2 aliphatic heterocycles. The lowest BCUT2D eigenvalue weighted by Gasteiger charge is -2.34. The van der Waals surface area contributed by atoms with Gasteiger partial charge in [-0.05, 0) is 42.7 Å². The number of aryl methyl sites for hydroxylation is 2. The standard InChI is InChI=1S/C22H23N3O3S/c1-14-3-4-15(2)21-20(14)23-22(29-21)25-9-7-24(8-10-25)19(26)12-16-5-6-17-18(11-16)28-13-27-17/h3-6,11H,7-10,12-13H2,1-2H3. The smallest absolute Gasteiger partial charge is 0.231 e. The van der Waals surface area contributed by atoms with E-state index < -0.39 is 0 Å². The fraction of sp³-hybridized carbons (Fsp3) is 0.364. The van der Waals surface area contributed by atoms with Crippen LogP contribution in [0.3, 0.4) is 0 Å². The third kappa shape index (κ3) is 3.40. The van der Waals surface area contributed by atoms with Gasteiger partial charge in [-0.25, -0.2) is 4.98 Å². The highest BCUT2D eigenvalue weighted by atomic mass is 32.1. The molecule has 0 radical (unpaired) electrons. The van der Waals surface area contributed by atoms with Crippen molar-refractivity contribution >= 4 is 32.6 Å². The monoisotopic (exact) mass is 409 g/mol. The molecule has 2 aromatic carbocycles. The molecular formula is C22H23N3O3S. The number of hydrogen-bond acceptors (Lipinski definition) is 6. The van der Waals surface area contributed by atoms with Crippen LogP contribution in [0.15, 0.2) is 30.3 Å². The number of rotatable bonds is 3. The maximum absolute atomic E-state index is 12.8. The number of piperazine rings is 1. The van der Waals surface area contributed by atoms with E-state index in [1.54, 1.807) is 11.3 Å². The molecule has 1 saturated heterocycles. The molecule has 2 aliphatic rings. The van der Waals surface area contributed by atoms with Gasteiger partial charge in [0, 0.05) is 26.2 Å². The summed E-state index contributed by atoms with van der Waals surface area (Å²) in [7, 11) is 0. The topological polar surface area (TPSA) is 54.9 Å². The number of aromatic nitrogens is 1. The van der Waals surface area contributed by atoms with Gasteiger partial charge in [-0.15, -0.1) is 0 Å². The van der Waals surface area contributed by atoms with Gasteiger partial charge >= 0.3 is 0 Å². The second-order valence-electron chi connectivity index (χ2n) is 7.61. The number of amides is 1. The van der Waals surface area contributed by atoms with Crippen molar-refractivity contribution in [3.8, 4) is 11.5 Å². The van der Waals surface area contributed by atoms with E-state index in [1.165, 1.54) is 15.8 Å². The molecule has 3 heterocycles. The second-order valence-corrected chi connectivity index (χ2v) is 8.58. The number of thiazole rings is 1. The molecule has 0 unspecified atom stereocenters. The quantitative estimate of drug-likeness (QED) is 0.662. The molecule has 29 heavy (non-hydrogen) atoms. The number of benzene rings is 2. The second kappa shape index (κ2) is 7.22. The fourth-order valence-electron chi connectivity index (χ4n) is 3.87. The molecule has 1 fully saturated rings. The van der Waals surface area contributed by atoms with E-state index in [0.29, 0.717) is 6.42 Å². The molecule has 0 N–H and O–H groups in total. The van der Waals surface area contributed by atoms with E-state index in [9.17, 15) is 4.79 Å². The lowest BCUT2D eigenvalue weighted by Crippen LogP contribution is -2.49. The number of nitrogens with zero attached hydrogens (tertiary/aromatic N) is 3. The van der Waals surface area contributed by atoms with E-state index in [4.69, 9.17) is 14.5 Å². The summed E-state index contributed by atoms with van der Waals surface area (Å²) < 4.78 is 12.0. The summed E-state index contributed by atoms with van der Waals surface area (Å²) in [5, 5.41) is 1.06. The molecule has 3 aromatic rings. The van der Waals surface area contributed by atoms with E-state index >= 15 is 0 Å². The highest BCUT2D eigenvalue weighted by Crippen LogP contribution is 2.34. The molecule has 6 nitrogen and oxygen atoms in total. The Morgan fingerprint density at radius 1 is 1.03 bits per heavy atom. The van der Waals surface area contributed by atoms with Crippen molar-refractivity contribution in [3.63, 3.8) is 0 Å². The van der Waals surface area contributed by atoms with Gasteiger partial charge in [0.25, 0.3) is 0 Å². The minimum absolute atomic E-state index is 0.152. The molecule has 0 aliphatic carbocycles. The Kier molecular flexibility index (Phi) is 4.54. The highest BCUT2D eigenvalue weighted by Gasteiger charge is 2.24. The summed E-state index contributed by atoms with van der Waals surface area (Å²) in [6.07, 6.45) is 0.385. The first kappa shape index (κ1) is 18.2. The molecule has 0 saturated carbocycles. The predicted molar refractivity (Wildman–Crippen MR) is 114 cm³/mol. The van der Waals surface area contributed by atoms with Crippen LogP contribution in [-0.2, 0) is 11.2 Å². The first-order chi connectivity index (χ1) is 14.1. The molecule has 7 heteroatoms. The van der Waals surface area contributed by atoms with Crippen LogP contribution in [-0.4, -0.2) is 48.8 Å². The number of hydrogen-bond donors (Lipinski definition) is 0. The highest BCUT2D eigenvalue weighted by molar-refractivity contribution is 7.22. The van der Waals surface area contributed by atoms with Gasteiger partial charge < -0.3 is 19.3 Å². The number of fused-ring (bicyclic) bond motifs is 2. The molecule has 150 valence electrons. The van der Waals surface area contributed by atoms with Crippen molar-refractivity contribution in [3.05, 3.63) is 47.0 Å². The van der Waals surface area contributed by atoms with Crippen molar-refractivity contribution in [2.45, 2.75) is 20.3 Å². The summed E-state index contributed by atoms with van der Waals surface area (Å²) in [4.78, 5) is 21.9. The third-order valence-electron chi connectivity index (χ3n) is 5.63. The summed E-state index contributed by atoms with van der Waals surface area (Å²) in [6, 6.07) is 10.0. The Morgan fingerprint density at radius 2 is 1.79 bits per heavy atom. The molecular weight excluding hydrogens is 386 g/mol. The molecule has 0 spiro atoms. The zero-order valence-electron chi connectivity index (χ0n) is 16.6. The van der Waals surface area contributed by atoms with Crippen molar-refractivity contribution < 1.29 is 14.3 Å². The van der Waals surface area contributed by atoms with Crippen LogP contribution in [0.5, 0.6) is 11.5 Å². The Labute approximate surface area is 173 Å². The zero-order valence-corrected chi connectivity index (χ0v) is 17.4. The first-order valence-electron chi connectivity index (χ1n) is 9.86. The van der Waals surface area contributed by atoms with Crippen LogP contribution in [0.2, 0.25) is 0 Å². The van der Waals surface area contributed by atoms with Gasteiger partial charge in [-0.3, -0.25) is 4.79 Å². The average Bonchev–Trinajstić information content (AvgIpc) is 3.38. The minimum atomic E-state index is 0.152. The molecule has 0 bridgehead atoms. The van der Waals surface area contributed by atoms with Crippen LogP contribution >= 0.6 is 11.3 Å². The lowest BCUT2D eigenvalue weighted by atomic mass is 10.1. The molecule has 0 atom stereocenters. The number of carbonyl (C=O) groups excluding carboxylic acids is 1. The van der Waals surface area contributed by atoms with Crippen LogP contribution in [0.1, 0.15) is 16.7 Å². The Hall–Kier alpha value is -2.80. The van der Waals surface area contributed by atoms with Gasteiger partial charge in [-0.1, -0.05) is 29.5 Å². The average molecular weight is 410 g/mol. The van der Waals surface area contributed by atoms with Crippen molar-refractivity contribution in [1.82, 2.24) is 9.88 Å². The van der Waals surface area contributed by atoms with E-state index in [1.807, 2.05) is 23.1 Å². The van der Waals surface area contributed by atoms with Gasteiger partial charge in [0.2, 0.25) is 12.7 Å². The van der Waals surface area contributed by atoms with Gasteiger partial charge in [-0.2, -0.15) is 0 Å². The summed E-state index contributed by atoms with van der Waals surface area (Å²) >= 11 is 1.75. The normalized spacial score (nSPS) is 15.9. The minimum Gasteiger partial charge on any atom is -0.454 e. The lowest BCUT2D eigenvalue weighted by molar-refractivity contribution is -0.130. The predicted octanol–water partition coefficient (Wildman–Crippen LogP) is 3.53. The van der Waals surface area contributed by atoms with Crippen LogP contribution in [0.25, 0.3) is 10.2 Å². The van der Waals surface area contributed by atoms with E-state index in [0.717, 1.165) is 53.9 Å². The van der Waals surface area contributed by atoms with Gasteiger partial charge in [0.05, 0.1) is 16.6 Å². The van der Waals surface area contributed by atoms with Crippen molar-refractivity contribution in [2.24, 2.45) is 0 Å². The molecule has 1 amide bonds. The van der Waals surface area contributed by atoms with Crippen LogP contribution in [0, 0.1) is 13.8 Å². The largest absolute Gasteiger partial charge is 0.454 e. The third-order valence-corrected chi connectivity index (χ3v) is 6.88. The van der Waals surface area contributed by atoms with Crippen molar-refractivity contribution in [1.29, 1.82) is 0 Å². The SMILES string of the molecule is Cc1ccc(C)c2sc(N3CCN(C(=O)Cc4ccc5c(c4)OCO5)CC3)nc12. The summed E-state index contributed by atoms with van der Waals surface area (Å²) in [6.45, 7) is 7.55. The molecule has 1 aromatic heterocycles. The van der Waals surface area contributed by atoms with E-state index in [-0.39, 0.29) is 12.7 Å². The Morgan fingerprint density at radius 3 is 2.59 bits per heavy atom. The van der Waals surface area contributed by atoms with E-state index in [2.05, 4.69) is 30.9 Å². The van der Waals surface area contributed by atoms with Gasteiger partial charge in [0.1, 0.15) is 0 Å². The zero-order chi connectivity index (χ0) is 20.0. The Balaban J connectivity index is 1.24.